The summed E-state index contributed by atoms with van der Waals surface area (Å²) in [5.41, 5.74) is 5.28. The topological polar surface area (TPSA) is 0 Å². The maximum atomic E-state index is 13.9. The summed E-state index contributed by atoms with van der Waals surface area (Å²) in [6.07, 6.45) is -9.86. The molecule has 0 bridgehead atoms. The van der Waals surface area contributed by atoms with Crippen LogP contribution in [0, 0.1) is 0 Å². The molecule has 0 saturated heterocycles. The Kier molecular flexibility index (Phi) is 9.09. The van der Waals surface area contributed by atoms with Gasteiger partial charge in [-0.3, -0.25) is 0 Å². The van der Waals surface area contributed by atoms with E-state index in [-0.39, 0.29) is 40.1 Å². The molecule has 213 valence electrons. The Labute approximate surface area is 266 Å². The van der Waals surface area contributed by atoms with Crippen LogP contribution in [0.15, 0.2) is 97.1 Å². The van der Waals surface area contributed by atoms with Crippen molar-refractivity contribution in [2.24, 2.45) is 0 Å². The summed E-state index contributed by atoms with van der Waals surface area (Å²) in [7, 11) is 0. The van der Waals surface area contributed by atoms with Crippen LogP contribution in [0.4, 0.5) is 26.3 Å². The Hall–Kier alpha value is -2.61. The van der Waals surface area contributed by atoms with Crippen molar-refractivity contribution in [3.63, 3.8) is 0 Å². The molecule has 0 aromatic heterocycles. The number of hydrogen-bond acceptors (Lipinski definition) is 0. The number of halogens is 8. The molecule has 6 rings (SSSR count). The monoisotopic (exact) mass is 781 g/mol. The van der Waals surface area contributed by atoms with Crippen molar-refractivity contribution < 1.29 is 75.5 Å². The molecule has 2 atom stereocenters. The predicted molar refractivity (Wildman–Crippen MR) is 141 cm³/mol. The summed E-state index contributed by atoms with van der Waals surface area (Å²) in [5, 5.41) is 0. The minimum absolute atomic E-state index is 0. The molecule has 4 aromatic carbocycles. The van der Waals surface area contributed by atoms with Gasteiger partial charge in [-0.15, -0.1) is 0 Å². The minimum atomic E-state index is -4.93. The average Bonchev–Trinajstić information content (AvgIpc) is 3.38. The molecule has 0 heterocycles. The SMILES string of the molecule is CC1C(c2cc(C(F)(F)F)cc(C(F)(F)F)c2)=C(C2=C(c3ccccc3)[CH]([Hf+2])c3ccccc32)c2ccccc21.[Cl-].[Cl-]. The van der Waals surface area contributed by atoms with Crippen molar-refractivity contribution in [1.29, 1.82) is 0 Å². The molecule has 0 N–H and O–H groups in total. The molecule has 9 heteroatoms. The summed E-state index contributed by atoms with van der Waals surface area (Å²) in [5.74, 6) is -0.416. The first-order valence-corrected chi connectivity index (χ1v) is 14.8. The molecule has 42 heavy (non-hydrogen) atoms. The Bertz CT molecular complexity index is 1670. The Morgan fingerprint density at radius 3 is 1.55 bits per heavy atom. The number of benzene rings is 4. The van der Waals surface area contributed by atoms with Gasteiger partial charge in [-0.05, 0) is 0 Å². The van der Waals surface area contributed by atoms with Gasteiger partial charge in [0.2, 0.25) is 0 Å². The number of rotatable bonds is 3. The summed E-state index contributed by atoms with van der Waals surface area (Å²) in [4.78, 5) is 0. The number of alkyl halides is 6. The average molecular weight is 781 g/mol. The first-order valence-electron chi connectivity index (χ1n) is 12.7. The van der Waals surface area contributed by atoms with E-state index in [1.54, 1.807) is 0 Å². The van der Waals surface area contributed by atoms with Crippen LogP contribution in [0.2, 0.25) is 0 Å². The first-order chi connectivity index (χ1) is 19.0. The zero-order valence-corrected chi connectivity index (χ0v) is 27.0. The van der Waals surface area contributed by atoms with Crippen LogP contribution in [0.5, 0.6) is 0 Å². The Morgan fingerprint density at radius 1 is 0.548 bits per heavy atom. The second-order valence-corrected chi connectivity index (χ2v) is 12.1. The van der Waals surface area contributed by atoms with Gasteiger partial charge in [0.05, 0.1) is 0 Å². The molecule has 2 aliphatic carbocycles. The largest absolute Gasteiger partial charge is 1.00 e. The molecule has 0 spiro atoms. The van der Waals surface area contributed by atoms with E-state index >= 15 is 0 Å². The summed E-state index contributed by atoms with van der Waals surface area (Å²) in [6.45, 7) is 1.86. The second kappa shape index (κ2) is 11.8. The van der Waals surface area contributed by atoms with Crippen LogP contribution >= 0.6 is 0 Å². The third-order valence-electron chi connectivity index (χ3n) is 7.73. The van der Waals surface area contributed by atoms with Crippen molar-refractivity contribution in [3.8, 4) is 0 Å². The standard InChI is InChI=1S/C33H21F6.2ClH.Hf/c1-19-25-12-7-8-14-27(25)31(29(19)22-15-23(32(34,35)36)18-24(16-22)33(37,38)39)30-26-13-6-5-11-21(26)17-28(30)20-9-3-2-4-10-20;;;/h2-19H,1H3;2*1H;/q;;;+2/p-2. The van der Waals surface area contributed by atoms with Crippen LogP contribution in [-0.2, 0) is 36.7 Å². The van der Waals surface area contributed by atoms with Crippen LogP contribution < -0.4 is 24.8 Å². The van der Waals surface area contributed by atoms with E-state index < -0.39 is 29.4 Å². The first kappa shape index (κ1) is 32.3. The molecule has 2 aliphatic rings. The van der Waals surface area contributed by atoms with E-state index in [4.69, 9.17) is 0 Å². The van der Waals surface area contributed by atoms with E-state index in [1.807, 2.05) is 79.7 Å². The molecule has 2 unspecified atom stereocenters. The molecule has 0 fully saturated rings. The van der Waals surface area contributed by atoms with Crippen LogP contribution in [0.25, 0.3) is 22.3 Å². The molecule has 0 aliphatic heterocycles. The Balaban J connectivity index is 0.00000202. The van der Waals surface area contributed by atoms with Gasteiger partial charge in [-0.1, -0.05) is 0 Å². The molecule has 0 amide bonds. The quantitative estimate of drug-likeness (QED) is 0.219. The van der Waals surface area contributed by atoms with E-state index in [1.165, 1.54) is 0 Å². The van der Waals surface area contributed by atoms with E-state index in [9.17, 15) is 26.3 Å². The third-order valence-corrected chi connectivity index (χ3v) is 9.89. The van der Waals surface area contributed by atoms with Crippen molar-refractivity contribution in [2.75, 3.05) is 0 Å². The third kappa shape index (κ3) is 5.44. The summed E-state index contributed by atoms with van der Waals surface area (Å²) >= 11 is 0.778. The van der Waals surface area contributed by atoms with E-state index in [0.29, 0.717) is 11.1 Å². The van der Waals surface area contributed by atoms with Gasteiger partial charge in [0.15, 0.2) is 0 Å². The normalized spacial score (nSPS) is 17.9. The van der Waals surface area contributed by atoms with Crippen LogP contribution in [-0.4, -0.2) is 0 Å². The van der Waals surface area contributed by atoms with Crippen molar-refractivity contribution in [1.82, 2.24) is 0 Å². The van der Waals surface area contributed by atoms with Gasteiger partial charge in [-0.2, -0.15) is 0 Å². The van der Waals surface area contributed by atoms with Crippen LogP contribution in [0.1, 0.15) is 61.0 Å². The van der Waals surface area contributed by atoms with Crippen molar-refractivity contribution in [3.05, 3.63) is 142 Å². The van der Waals surface area contributed by atoms with Gasteiger partial charge in [-0.25, -0.2) is 0 Å². The fourth-order valence-corrected chi connectivity index (χ4v) is 8.03. The summed E-state index contributed by atoms with van der Waals surface area (Å²) < 4.78 is 83.7. The maximum absolute atomic E-state index is 13.9. The van der Waals surface area contributed by atoms with E-state index in [0.717, 1.165) is 75.5 Å². The molecule has 0 saturated carbocycles. The summed E-state index contributed by atoms with van der Waals surface area (Å²) in [6, 6.07) is 27.3. The zero-order chi connectivity index (χ0) is 28.4. The zero-order valence-electron chi connectivity index (χ0n) is 21.9. The number of fused-ring (bicyclic) bond motifs is 2. The smallest absolute Gasteiger partial charge is 1.00 e. The minimum Gasteiger partial charge on any atom is -1.00 e. The number of hydrogen-bond donors (Lipinski definition) is 0. The molecule has 0 radical (unpaired) electrons. The van der Waals surface area contributed by atoms with Crippen molar-refractivity contribution >= 4 is 22.3 Å². The van der Waals surface area contributed by atoms with Crippen molar-refractivity contribution in [2.45, 2.75) is 28.9 Å². The molecular formula is C33H21Cl2F6Hf. The van der Waals surface area contributed by atoms with Gasteiger partial charge in [0, 0.05) is 0 Å². The fraction of sp³-hybridized carbons (Fsp3) is 0.152. The van der Waals surface area contributed by atoms with Gasteiger partial charge < -0.3 is 24.8 Å². The fourth-order valence-electron chi connectivity index (χ4n) is 6.01. The molecular weight excluding hydrogens is 760 g/mol. The Morgan fingerprint density at radius 2 is 1.00 bits per heavy atom. The molecule has 0 nitrogen and oxygen atoms in total. The van der Waals surface area contributed by atoms with E-state index in [2.05, 4.69) is 6.07 Å². The van der Waals surface area contributed by atoms with Crippen LogP contribution in [0.3, 0.4) is 0 Å². The maximum Gasteiger partial charge on any atom is -1.00 e. The second-order valence-electron chi connectivity index (χ2n) is 10.1. The van der Waals surface area contributed by atoms with Gasteiger partial charge in [0.1, 0.15) is 0 Å². The van der Waals surface area contributed by atoms with Gasteiger partial charge >= 0.3 is 243 Å². The predicted octanol–water partition coefficient (Wildman–Crippen LogP) is 3.97. The van der Waals surface area contributed by atoms with Gasteiger partial charge in [0.25, 0.3) is 0 Å². The number of allylic oxidation sites excluding steroid dienone is 4. The molecule has 4 aromatic rings.